The predicted octanol–water partition coefficient (Wildman–Crippen LogP) is 2.10. The molecular formula is C13H15FN4OS. The molecule has 0 bridgehead atoms. The number of hydrogen-bond donors (Lipinski definition) is 2. The van der Waals surface area contributed by atoms with E-state index in [9.17, 15) is 4.39 Å². The van der Waals surface area contributed by atoms with Crippen molar-refractivity contribution in [3.05, 3.63) is 41.5 Å². The van der Waals surface area contributed by atoms with Crippen LogP contribution in [-0.4, -0.2) is 14.9 Å². The number of halogens is 1. The van der Waals surface area contributed by atoms with Crippen LogP contribution >= 0.6 is 12.2 Å². The van der Waals surface area contributed by atoms with Gasteiger partial charge < -0.3 is 15.8 Å². The highest BCUT2D eigenvalue weighted by Gasteiger charge is 2.08. The summed E-state index contributed by atoms with van der Waals surface area (Å²) >= 11 is 4.69. The van der Waals surface area contributed by atoms with Gasteiger partial charge in [-0.1, -0.05) is 0 Å². The summed E-state index contributed by atoms with van der Waals surface area (Å²) in [5, 5.41) is 6.85. The van der Waals surface area contributed by atoms with Crippen molar-refractivity contribution in [1.29, 1.82) is 0 Å². The van der Waals surface area contributed by atoms with Gasteiger partial charge in [-0.05, 0) is 31.3 Å². The van der Waals surface area contributed by atoms with E-state index >= 15 is 0 Å². The lowest BCUT2D eigenvalue weighted by molar-refractivity contribution is 0.289. The lowest BCUT2D eigenvalue weighted by Gasteiger charge is -2.09. The number of aryl methyl sites for hydroxylation is 1. The minimum atomic E-state index is -0.479. The third-order valence-electron chi connectivity index (χ3n) is 2.92. The molecule has 0 radical (unpaired) electrons. The quantitative estimate of drug-likeness (QED) is 0.845. The molecule has 7 heteroatoms. The van der Waals surface area contributed by atoms with Gasteiger partial charge in [0, 0.05) is 30.1 Å². The highest BCUT2D eigenvalue weighted by Crippen LogP contribution is 2.22. The van der Waals surface area contributed by atoms with Crippen molar-refractivity contribution in [2.75, 3.05) is 5.32 Å². The molecule has 0 saturated heterocycles. The van der Waals surface area contributed by atoms with Crippen molar-refractivity contribution in [3.8, 4) is 5.75 Å². The van der Waals surface area contributed by atoms with E-state index in [1.807, 2.05) is 14.0 Å². The number of nitrogens with zero attached hydrogens (tertiary/aromatic N) is 2. The number of thiocarbonyl (C=S) groups is 1. The van der Waals surface area contributed by atoms with Gasteiger partial charge in [0.1, 0.15) is 6.61 Å². The van der Waals surface area contributed by atoms with E-state index in [1.54, 1.807) is 16.9 Å². The summed E-state index contributed by atoms with van der Waals surface area (Å²) in [5.41, 5.74) is 7.71. The van der Waals surface area contributed by atoms with Gasteiger partial charge in [0.25, 0.3) is 0 Å². The van der Waals surface area contributed by atoms with Crippen LogP contribution in [-0.2, 0) is 13.7 Å². The zero-order valence-corrected chi connectivity index (χ0v) is 12.0. The highest BCUT2D eigenvalue weighted by atomic mass is 32.1. The maximum absolute atomic E-state index is 13.8. The summed E-state index contributed by atoms with van der Waals surface area (Å²) < 4.78 is 21.0. The van der Waals surface area contributed by atoms with E-state index in [2.05, 4.69) is 22.6 Å². The van der Waals surface area contributed by atoms with Crippen molar-refractivity contribution < 1.29 is 9.13 Å². The molecule has 0 spiro atoms. The van der Waals surface area contributed by atoms with Gasteiger partial charge in [-0.2, -0.15) is 5.10 Å². The van der Waals surface area contributed by atoms with E-state index in [4.69, 9.17) is 10.5 Å². The Bertz CT molecular complexity index is 641. The standard InChI is InChI=1S/C13H15FN4OS/c1-8-9(6-16-18(8)2)7-19-12-4-3-10(5-11(12)14)17-13(15)20/h3-6H,7H2,1-2H3,(H3,15,17,20). The van der Waals surface area contributed by atoms with Crippen LogP contribution < -0.4 is 15.8 Å². The molecule has 0 aliphatic heterocycles. The molecule has 1 heterocycles. The molecule has 2 aromatic rings. The Hall–Kier alpha value is -2.15. The fraction of sp³-hybridized carbons (Fsp3) is 0.231. The maximum Gasteiger partial charge on any atom is 0.168 e. The minimum Gasteiger partial charge on any atom is -0.486 e. The fourth-order valence-electron chi connectivity index (χ4n) is 1.68. The van der Waals surface area contributed by atoms with E-state index in [0.29, 0.717) is 5.69 Å². The van der Waals surface area contributed by atoms with Gasteiger partial charge >= 0.3 is 0 Å². The van der Waals surface area contributed by atoms with E-state index in [-0.39, 0.29) is 17.5 Å². The zero-order valence-electron chi connectivity index (χ0n) is 11.2. The second-order valence-electron chi connectivity index (χ2n) is 4.30. The van der Waals surface area contributed by atoms with Crippen molar-refractivity contribution in [1.82, 2.24) is 9.78 Å². The van der Waals surface area contributed by atoms with Crippen molar-refractivity contribution in [2.24, 2.45) is 12.8 Å². The summed E-state index contributed by atoms with van der Waals surface area (Å²) in [6.07, 6.45) is 1.70. The first kappa shape index (κ1) is 14.3. The molecule has 0 saturated carbocycles. The van der Waals surface area contributed by atoms with Crippen LogP contribution in [0.2, 0.25) is 0 Å². The first-order chi connectivity index (χ1) is 9.47. The van der Waals surface area contributed by atoms with Gasteiger partial charge in [0.05, 0.1) is 6.20 Å². The minimum absolute atomic E-state index is 0.0871. The fourth-order valence-corrected chi connectivity index (χ4v) is 1.80. The summed E-state index contributed by atoms with van der Waals surface area (Å²) in [6.45, 7) is 2.19. The monoisotopic (exact) mass is 294 g/mol. The number of benzene rings is 1. The second-order valence-corrected chi connectivity index (χ2v) is 4.74. The smallest absolute Gasteiger partial charge is 0.168 e. The van der Waals surface area contributed by atoms with Gasteiger partial charge in [-0.25, -0.2) is 4.39 Å². The number of anilines is 1. The molecule has 1 aromatic heterocycles. The third kappa shape index (κ3) is 3.24. The molecule has 0 unspecified atom stereocenters. The molecule has 106 valence electrons. The Morgan fingerprint density at radius 2 is 2.30 bits per heavy atom. The zero-order chi connectivity index (χ0) is 14.7. The van der Waals surface area contributed by atoms with Gasteiger partial charge in [0.15, 0.2) is 16.7 Å². The highest BCUT2D eigenvalue weighted by molar-refractivity contribution is 7.80. The van der Waals surface area contributed by atoms with Crippen LogP contribution in [0.5, 0.6) is 5.75 Å². The van der Waals surface area contributed by atoms with Crippen LogP contribution in [0.15, 0.2) is 24.4 Å². The Labute approximate surface area is 121 Å². The molecule has 20 heavy (non-hydrogen) atoms. The van der Waals surface area contributed by atoms with Crippen molar-refractivity contribution in [2.45, 2.75) is 13.5 Å². The van der Waals surface area contributed by atoms with Gasteiger partial charge in [-0.15, -0.1) is 0 Å². The number of ether oxygens (including phenoxy) is 1. The van der Waals surface area contributed by atoms with E-state index < -0.39 is 5.82 Å². The first-order valence-electron chi connectivity index (χ1n) is 5.93. The summed E-state index contributed by atoms with van der Waals surface area (Å²) in [7, 11) is 1.84. The Balaban J connectivity index is 2.06. The number of hydrogen-bond acceptors (Lipinski definition) is 3. The molecular weight excluding hydrogens is 279 g/mol. The molecule has 3 N–H and O–H groups in total. The average Bonchev–Trinajstić information content (AvgIpc) is 2.68. The molecule has 2 rings (SSSR count). The summed E-state index contributed by atoms with van der Waals surface area (Å²) in [5.74, 6) is -0.311. The van der Waals surface area contributed by atoms with Crippen LogP contribution in [0, 0.1) is 12.7 Å². The molecule has 1 aromatic carbocycles. The molecule has 0 aliphatic rings. The number of rotatable bonds is 4. The normalized spacial score (nSPS) is 10.3. The molecule has 5 nitrogen and oxygen atoms in total. The van der Waals surface area contributed by atoms with E-state index in [0.717, 1.165) is 11.3 Å². The third-order valence-corrected chi connectivity index (χ3v) is 3.02. The first-order valence-corrected chi connectivity index (χ1v) is 6.34. The van der Waals surface area contributed by atoms with Crippen LogP contribution in [0.3, 0.4) is 0 Å². The van der Waals surface area contributed by atoms with Crippen molar-refractivity contribution >= 4 is 23.0 Å². The number of aromatic nitrogens is 2. The van der Waals surface area contributed by atoms with Crippen LogP contribution in [0.4, 0.5) is 10.1 Å². The van der Waals surface area contributed by atoms with E-state index in [1.165, 1.54) is 12.1 Å². The molecule has 0 fully saturated rings. The summed E-state index contributed by atoms with van der Waals surface area (Å²) in [4.78, 5) is 0. The Morgan fingerprint density at radius 3 is 2.85 bits per heavy atom. The molecule has 0 atom stereocenters. The average molecular weight is 294 g/mol. The number of nitrogens with two attached hydrogens (primary N) is 1. The van der Waals surface area contributed by atoms with Gasteiger partial charge in [0.2, 0.25) is 0 Å². The molecule has 0 aliphatic carbocycles. The van der Waals surface area contributed by atoms with Gasteiger partial charge in [-0.3, -0.25) is 4.68 Å². The lowest BCUT2D eigenvalue weighted by atomic mass is 10.2. The second kappa shape index (κ2) is 5.87. The van der Waals surface area contributed by atoms with Crippen LogP contribution in [0.1, 0.15) is 11.3 Å². The lowest BCUT2D eigenvalue weighted by Crippen LogP contribution is -2.18. The Kier molecular flexibility index (Phi) is 4.19. The van der Waals surface area contributed by atoms with Crippen molar-refractivity contribution in [3.63, 3.8) is 0 Å². The SMILES string of the molecule is Cc1c(COc2ccc(NC(N)=S)cc2F)cnn1C. The topological polar surface area (TPSA) is 65.1 Å². The largest absolute Gasteiger partial charge is 0.486 e. The maximum atomic E-state index is 13.8. The number of nitrogens with one attached hydrogen (secondary N) is 1. The van der Waals surface area contributed by atoms with Crippen LogP contribution in [0.25, 0.3) is 0 Å². The molecule has 0 amide bonds. The summed E-state index contributed by atoms with van der Waals surface area (Å²) in [6, 6.07) is 4.46. The Morgan fingerprint density at radius 1 is 1.55 bits per heavy atom. The predicted molar refractivity (Wildman–Crippen MR) is 79.1 cm³/mol.